The lowest BCUT2D eigenvalue weighted by Crippen LogP contribution is -2.08. The molecule has 0 radical (unpaired) electrons. The number of phenolic OH excluding ortho intramolecular Hbond substituents is 1. The number of halogens is 2. The Labute approximate surface area is 159 Å². The minimum atomic E-state index is -4.40. The lowest BCUT2D eigenvalue weighted by atomic mass is 10.1. The van der Waals surface area contributed by atoms with Crippen molar-refractivity contribution in [2.24, 2.45) is 0 Å². The monoisotopic (exact) mass is 465 g/mol. The number of phenols is 2. The van der Waals surface area contributed by atoms with Crippen LogP contribution >= 0.6 is 27.5 Å². The molecule has 2 aromatic carbocycles. The molecule has 2 aromatic rings. The number of rotatable bonds is 5. The molecule has 0 saturated heterocycles. The van der Waals surface area contributed by atoms with Crippen molar-refractivity contribution in [1.82, 2.24) is 0 Å². The molecule has 0 aliphatic carbocycles. The van der Waals surface area contributed by atoms with Crippen molar-refractivity contribution in [1.29, 1.82) is 0 Å². The smallest absolute Gasteiger partial charge is 0.339 e. The van der Waals surface area contributed by atoms with Gasteiger partial charge in [-0.1, -0.05) is 27.5 Å². The second kappa shape index (κ2) is 7.09. The van der Waals surface area contributed by atoms with Gasteiger partial charge in [0.2, 0.25) is 5.75 Å². The van der Waals surface area contributed by atoms with Gasteiger partial charge in [0.25, 0.3) is 0 Å². The molecule has 0 atom stereocenters. The number of benzene rings is 2. The number of nitro benzene ring substituents is 1. The molecular formula is C14H9BrClNO8S. The van der Waals surface area contributed by atoms with E-state index in [0.717, 1.165) is 24.3 Å². The minimum absolute atomic E-state index is 0.0297. The highest BCUT2D eigenvalue weighted by atomic mass is 79.9. The highest BCUT2D eigenvalue weighted by Gasteiger charge is 2.29. The van der Waals surface area contributed by atoms with E-state index in [9.17, 15) is 33.5 Å². The van der Waals surface area contributed by atoms with Crippen molar-refractivity contribution in [2.75, 3.05) is 0 Å². The molecule has 0 saturated carbocycles. The summed E-state index contributed by atoms with van der Waals surface area (Å²) in [6.07, 6.45) is 0. The number of hydrogen-bond donors (Lipinski definition) is 3. The molecular weight excluding hydrogens is 458 g/mol. The van der Waals surface area contributed by atoms with Crippen molar-refractivity contribution in [3.8, 4) is 11.5 Å². The number of nitrogens with zero attached hydrogens (tertiary/aromatic N) is 1. The standard InChI is InChI=1S/C14H9BrClNO8S/c15-7-2-10(17(22)23)13(19)11(3-7)26(24,25)5-6-1-8(16)4-9(12(6)18)14(20)21/h1-4,18-19H,5H2,(H,20,21). The van der Waals surface area contributed by atoms with Gasteiger partial charge in [-0.05, 0) is 18.2 Å². The summed E-state index contributed by atoms with van der Waals surface area (Å²) in [6, 6.07) is 3.87. The van der Waals surface area contributed by atoms with Gasteiger partial charge < -0.3 is 15.3 Å². The molecule has 0 spiro atoms. The van der Waals surface area contributed by atoms with E-state index in [0.29, 0.717) is 0 Å². The molecule has 12 heteroatoms. The SMILES string of the molecule is O=C(O)c1cc(Cl)cc(CS(=O)(=O)c2cc(Br)cc([N+](=O)[O-])c2O)c1O. The van der Waals surface area contributed by atoms with Gasteiger partial charge in [-0.15, -0.1) is 0 Å². The van der Waals surface area contributed by atoms with E-state index in [2.05, 4.69) is 15.9 Å². The Morgan fingerprint density at radius 2 is 1.81 bits per heavy atom. The normalized spacial score (nSPS) is 11.3. The Kier molecular flexibility index (Phi) is 5.44. The van der Waals surface area contributed by atoms with E-state index in [1.165, 1.54) is 0 Å². The van der Waals surface area contributed by atoms with Crippen molar-refractivity contribution < 1.29 is 33.5 Å². The average Bonchev–Trinajstić information content (AvgIpc) is 2.51. The zero-order valence-electron chi connectivity index (χ0n) is 12.5. The second-order valence-electron chi connectivity index (χ2n) is 5.05. The number of carboxylic acids is 1. The van der Waals surface area contributed by atoms with Crippen LogP contribution in [0.5, 0.6) is 11.5 Å². The molecule has 0 heterocycles. The van der Waals surface area contributed by atoms with Gasteiger partial charge in [0.05, 0.1) is 10.7 Å². The Morgan fingerprint density at radius 1 is 1.19 bits per heavy atom. The van der Waals surface area contributed by atoms with E-state index >= 15 is 0 Å². The van der Waals surface area contributed by atoms with Gasteiger partial charge >= 0.3 is 11.7 Å². The number of aromatic hydroxyl groups is 2. The van der Waals surface area contributed by atoms with Gasteiger partial charge in [-0.3, -0.25) is 10.1 Å². The van der Waals surface area contributed by atoms with Gasteiger partial charge in [-0.2, -0.15) is 0 Å². The van der Waals surface area contributed by atoms with E-state index in [4.69, 9.17) is 16.7 Å². The largest absolute Gasteiger partial charge is 0.507 e. The summed E-state index contributed by atoms with van der Waals surface area (Å²) in [7, 11) is -4.40. The first-order valence-electron chi connectivity index (χ1n) is 6.58. The van der Waals surface area contributed by atoms with Crippen LogP contribution in [-0.4, -0.2) is 34.6 Å². The predicted molar refractivity (Wildman–Crippen MR) is 93.4 cm³/mol. The molecule has 0 aromatic heterocycles. The van der Waals surface area contributed by atoms with Crippen LogP contribution in [0, 0.1) is 10.1 Å². The fraction of sp³-hybridized carbons (Fsp3) is 0.0714. The molecule has 0 aliphatic rings. The summed E-state index contributed by atoms with van der Waals surface area (Å²) in [5.41, 5.74) is -1.77. The third-order valence-corrected chi connectivity index (χ3v) is 5.63. The Hall–Kier alpha value is -2.37. The van der Waals surface area contributed by atoms with Crippen LogP contribution < -0.4 is 0 Å². The maximum atomic E-state index is 12.6. The van der Waals surface area contributed by atoms with E-state index < -0.39 is 54.1 Å². The zero-order valence-corrected chi connectivity index (χ0v) is 15.7. The summed E-state index contributed by atoms with van der Waals surface area (Å²) < 4.78 is 25.2. The lowest BCUT2D eigenvalue weighted by molar-refractivity contribution is -0.386. The van der Waals surface area contributed by atoms with E-state index in [1.54, 1.807) is 0 Å². The van der Waals surface area contributed by atoms with Crippen molar-refractivity contribution in [2.45, 2.75) is 10.6 Å². The fourth-order valence-corrected chi connectivity index (χ4v) is 4.48. The number of sulfone groups is 1. The summed E-state index contributed by atoms with van der Waals surface area (Å²) in [6.45, 7) is 0. The number of hydrogen-bond acceptors (Lipinski definition) is 7. The maximum absolute atomic E-state index is 12.6. The zero-order chi connectivity index (χ0) is 19.8. The third kappa shape index (κ3) is 3.89. The summed E-state index contributed by atoms with van der Waals surface area (Å²) in [5, 5.41) is 39.7. The van der Waals surface area contributed by atoms with Crippen molar-refractivity contribution in [3.63, 3.8) is 0 Å². The fourth-order valence-electron chi connectivity index (χ4n) is 2.15. The molecule has 2 rings (SSSR count). The summed E-state index contributed by atoms with van der Waals surface area (Å²) >= 11 is 8.67. The van der Waals surface area contributed by atoms with Gasteiger partial charge in [0, 0.05) is 21.1 Å². The molecule has 9 nitrogen and oxygen atoms in total. The first-order valence-corrected chi connectivity index (χ1v) is 9.40. The van der Waals surface area contributed by atoms with Crippen LogP contribution in [0.3, 0.4) is 0 Å². The summed E-state index contributed by atoms with van der Waals surface area (Å²) in [4.78, 5) is 20.3. The molecule has 0 amide bonds. The van der Waals surface area contributed by atoms with Gasteiger partial charge in [0.1, 0.15) is 16.2 Å². The van der Waals surface area contributed by atoms with Crippen LogP contribution in [0.1, 0.15) is 15.9 Å². The lowest BCUT2D eigenvalue weighted by Gasteiger charge is -2.11. The number of aromatic carboxylic acids is 1. The molecule has 0 fully saturated rings. The first kappa shape index (κ1) is 19.9. The molecule has 0 unspecified atom stereocenters. The first-order chi connectivity index (χ1) is 11.9. The quantitative estimate of drug-likeness (QED) is 0.448. The van der Waals surface area contributed by atoms with Crippen LogP contribution in [0.25, 0.3) is 0 Å². The number of carboxylic acid groups (broad SMARTS) is 1. The predicted octanol–water partition coefficient (Wildman–Crippen LogP) is 3.09. The maximum Gasteiger partial charge on any atom is 0.339 e. The average molecular weight is 467 g/mol. The van der Waals surface area contributed by atoms with Gasteiger partial charge in [0.15, 0.2) is 9.84 Å². The molecule has 0 bridgehead atoms. The van der Waals surface area contributed by atoms with Crippen molar-refractivity contribution in [3.05, 3.63) is 55.0 Å². The Morgan fingerprint density at radius 3 is 2.35 bits per heavy atom. The van der Waals surface area contributed by atoms with Crippen LogP contribution in [0.2, 0.25) is 5.02 Å². The molecule has 3 N–H and O–H groups in total. The number of nitro groups is 1. The topological polar surface area (TPSA) is 155 Å². The second-order valence-corrected chi connectivity index (χ2v) is 8.36. The van der Waals surface area contributed by atoms with E-state index in [-0.39, 0.29) is 15.1 Å². The van der Waals surface area contributed by atoms with Crippen LogP contribution in [0.4, 0.5) is 5.69 Å². The highest BCUT2D eigenvalue weighted by molar-refractivity contribution is 9.10. The Bertz CT molecular complexity index is 1040. The molecule has 26 heavy (non-hydrogen) atoms. The van der Waals surface area contributed by atoms with Crippen LogP contribution in [0.15, 0.2) is 33.6 Å². The molecule has 138 valence electrons. The van der Waals surface area contributed by atoms with E-state index in [1.807, 2.05) is 0 Å². The highest BCUT2D eigenvalue weighted by Crippen LogP contribution is 2.38. The number of carbonyl (C=O) groups is 1. The Balaban J connectivity index is 2.62. The van der Waals surface area contributed by atoms with Gasteiger partial charge in [-0.25, -0.2) is 13.2 Å². The summed E-state index contributed by atoms with van der Waals surface area (Å²) in [5.74, 6) is -4.35. The van der Waals surface area contributed by atoms with Crippen molar-refractivity contribution >= 4 is 49.0 Å². The molecule has 0 aliphatic heterocycles. The third-order valence-electron chi connectivity index (χ3n) is 3.28. The minimum Gasteiger partial charge on any atom is -0.507 e. The van der Waals surface area contributed by atoms with Crippen LogP contribution in [-0.2, 0) is 15.6 Å².